The number of hydrogen-bond acceptors (Lipinski definition) is 6. The van der Waals surface area contributed by atoms with Crippen LogP contribution in [0.5, 0.6) is 0 Å². The highest BCUT2D eigenvalue weighted by Crippen LogP contribution is 2.24. The zero-order chi connectivity index (χ0) is 13.3. The van der Waals surface area contributed by atoms with Crippen LogP contribution in [0.1, 0.15) is 5.56 Å². The molecule has 1 atom stereocenters. The van der Waals surface area contributed by atoms with Gasteiger partial charge in [0.1, 0.15) is 0 Å². The van der Waals surface area contributed by atoms with Crippen molar-refractivity contribution in [1.82, 2.24) is 4.98 Å². The summed E-state index contributed by atoms with van der Waals surface area (Å²) >= 11 is 0. The van der Waals surface area contributed by atoms with Crippen LogP contribution in [0.2, 0.25) is 0 Å². The van der Waals surface area contributed by atoms with Gasteiger partial charge in [0, 0.05) is 17.7 Å². The van der Waals surface area contributed by atoms with E-state index in [9.17, 15) is 18.5 Å². The molecule has 0 bridgehead atoms. The van der Waals surface area contributed by atoms with E-state index in [2.05, 4.69) is 10.3 Å². The average Bonchev–Trinajstić information content (AvgIpc) is 2.60. The fraction of sp³-hybridized carbons (Fsp3) is 0.300. The molecule has 0 spiro atoms. The Morgan fingerprint density at radius 2 is 2.28 bits per heavy atom. The first-order valence-corrected chi connectivity index (χ1v) is 6.87. The summed E-state index contributed by atoms with van der Waals surface area (Å²) in [6.45, 7) is 1.70. The number of pyridine rings is 1. The van der Waals surface area contributed by atoms with Crippen molar-refractivity contribution < 1.29 is 13.3 Å². The highest BCUT2D eigenvalue weighted by molar-refractivity contribution is 7.94. The van der Waals surface area contributed by atoms with Crippen LogP contribution < -0.4 is 5.32 Å². The summed E-state index contributed by atoms with van der Waals surface area (Å²) in [4.78, 5) is 14.2. The van der Waals surface area contributed by atoms with Crippen molar-refractivity contribution in [2.75, 3.05) is 11.1 Å². The molecule has 1 unspecified atom stereocenters. The van der Waals surface area contributed by atoms with Crippen molar-refractivity contribution in [3.05, 3.63) is 39.4 Å². The van der Waals surface area contributed by atoms with E-state index in [0.29, 0.717) is 5.56 Å². The number of sulfone groups is 1. The number of nitrogens with zero attached hydrogens (tertiary/aromatic N) is 2. The molecule has 0 radical (unpaired) electrons. The van der Waals surface area contributed by atoms with Gasteiger partial charge < -0.3 is 5.32 Å². The van der Waals surface area contributed by atoms with Crippen LogP contribution in [0.4, 0.5) is 11.5 Å². The van der Waals surface area contributed by atoms with Crippen LogP contribution in [0.15, 0.2) is 23.7 Å². The normalized spacial score (nSPS) is 20.8. The standard InChI is InChI=1S/C10H11N3O4S/c1-7-4-9(13(14)15)10(11-5-7)12-8-2-3-18(16,17)6-8/h2-5,8H,6H2,1H3,(H,11,12). The van der Waals surface area contributed by atoms with Gasteiger partial charge in [-0.15, -0.1) is 0 Å². The Bertz CT molecular complexity index is 624. The second-order valence-corrected chi connectivity index (χ2v) is 5.98. The Morgan fingerprint density at radius 1 is 1.56 bits per heavy atom. The highest BCUT2D eigenvalue weighted by atomic mass is 32.2. The molecule has 1 aliphatic rings. The zero-order valence-corrected chi connectivity index (χ0v) is 10.3. The Kier molecular flexibility index (Phi) is 3.04. The smallest absolute Gasteiger partial charge is 0.311 e. The molecule has 0 amide bonds. The lowest BCUT2D eigenvalue weighted by molar-refractivity contribution is -0.384. The average molecular weight is 269 g/mol. The summed E-state index contributed by atoms with van der Waals surface area (Å²) in [6, 6.07) is 0.909. The van der Waals surface area contributed by atoms with Gasteiger partial charge in [-0.25, -0.2) is 13.4 Å². The van der Waals surface area contributed by atoms with Crippen LogP contribution in [-0.2, 0) is 9.84 Å². The quantitative estimate of drug-likeness (QED) is 0.649. The monoisotopic (exact) mass is 269 g/mol. The summed E-state index contributed by atoms with van der Waals surface area (Å²) < 4.78 is 22.4. The third-order valence-corrected chi connectivity index (χ3v) is 3.85. The molecule has 0 fully saturated rings. The zero-order valence-electron chi connectivity index (χ0n) is 9.53. The Labute approximate surface area is 104 Å². The predicted molar refractivity (Wildman–Crippen MR) is 66.0 cm³/mol. The molecule has 0 aliphatic carbocycles. The van der Waals surface area contributed by atoms with Crippen LogP contribution in [0.25, 0.3) is 0 Å². The Balaban J connectivity index is 2.25. The maximum absolute atomic E-state index is 11.2. The van der Waals surface area contributed by atoms with Crippen LogP contribution in [0, 0.1) is 17.0 Å². The van der Waals surface area contributed by atoms with Crippen LogP contribution in [-0.4, -0.2) is 30.1 Å². The first-order chi connectivity index (χ1) is 8.37. The van der Waals surface area contributed by atoms with E-state index in [1.54, 1.807) is 6.92 Å². The number of rotatable bonds is 3. The Hall–Kier alpha value is -1.96. The lowest BCUT2D eigenvalue weighted by Gasteiger charge is -2.10. The van der Waals surface area contributed by atoms with Gasteiger partial charge >= 0.3 is 5.69 Å². The molecule has 1 aliphatic heterocycles. The van der Waals surface area contributed by atoms with Gasteiger partial charge in [0.2, 0.25) is 5.82 Å². The SMILES string of the molecule is Cc1cnc(NC2C=CS(=O)(=O)C2)c([N+](=O)[O-])c1. The first-order valence-electron chi connectivity index (χ1n) is 5.16. The summed E-state index contributed by atoms with van der Waals surface area (Å²) in [5.41, 5.74) is 0.509. The van der Waals surface area contributed by atoms with E-state index < -0.39 is 20.8 Å². The molecule has 0 saturated heterocycles. The summed E-state index contributed by atoms with van der Waals surface area (Å²) in [5, 5.41) is 14.7. The predicted octanol–water partition coefficient (Wildman–Crippen LogP) is 1.02. The van der Waals surface area contributed by atoms with E-state index in [4.69, 9.17) is 0 Å². The van der Waals surface area contributed by atoms with Crippen molar-refractivity contribution in [3.8, 4) is 0 Å². The molecule has 0 saturated carbocycles. The molecule has 1 N–H and O–H groups in total. The molecule has 0 aromatic carbocycles. The van der Waals surface area contributed by atoms with Crippen LogP contribution in [0.3, 0.4) is 0 Å². The highest BCUT2D eigenvalue weighted by Gasteiger charge is 2.24. The van der Waals surface area contributed by atoms with Gasteiger partial charge in [-0.3, -0.25) is 10.1 Å². The van der Waals surface area contributed by atoms with E-state index in [-0.39, 0.29) is 17.3 Å². The minimum atomic E-state index is -3.20. The summed E-state index contributed by atoms with van der Waals surface area (Å²) in [7, 11) is -3.20. The molecule has 1 aromatic heterocycles. The fourth-order valence-electron chi connectivity index (χ4n) is 1.65. The van der Waals surface area contributed by atoms with Crippen molar-refractivity contribution in [2.24, 2.45) is 0 Å². The number of hydrogen-bond donors (Lipinski definition) is 1. The lowest BCUT2D eigenvalue weighted by atomic mass is 10.2. The largest absolute Gasteiger partial charge is 0.357 e. The van der Waals surface area contributed by atoms with Crippen molar-refractivity contribution in [1.29, 1.82) is 0 Å². The van der Waals surface area contributed by atoms with Gasteiger partial charge in [0.05, 0.1) is 16.7 Å². The second-order valence-electron chi connectivity index (χ2n) is 4.05. The van der Waals surface area contributed by atoms with Crippen molar-refractivity contribution in [3.63, 3.8) is 0 Å². The van der Waals surface area contributed by atoms with Gasteiger partial charge in [0.25, 0.3) is 0 Å². The third kappa shape index (κ3) is 2.65. The molecular formula is C10H11N3O4S. The van der Waals surface area contributed by atoms with Crippen molar-refractivity contribution >= 4 is 21.3 Å². The second kappa shape index (κ2) is 4.37. The Morgan fingerprint density at radius 3 is 2.83 bits per heavy atom. The van der Waals surface area contributed by atoms with Crippen molar-refractivity contribution in [2.45, 2.75) is 13.0 Å². The van der Waals surface area contributed by atoms with Gasteiger partial charge in [-0.1, -0.05) is 0 Å². The molecule has 7 nitrogen and oxygen atoms in total. The van der Waals surface area contributed by atoms with Crippen LogP contribution >= 0.6 is 0 Å². The molecule has 8 heteroatoms. The van der Waals surface area contributed by atoms with Gasteiger partial charge in [-0.05, 0) is 18.6 Å². The minimum Gasteiger partial charge on any atom is -0.357 e. The maximum atomic E-state index is 11.2. The van der Waals surface area contributed by atoms with Gasteiger partial charge in [0.15, 0.2) is 9.84 Å². The van der Waals surface area contributed by atoms with E-state index in [0.717, 1.165) is 5.41 Å². The number of anilines is 1. The number of aromatic nitrogens is 1. The fourth-order valence-corrected chi connectivity index (χ4v) is 2.88. The molecule has 1 aromatic rings. The molecule has 96 valence electrons. The minimum absolute atomic E-state index is 0.0809. The molecular weight excluding hydrogens is 258 g/mol. The maximum Gasteiger partial charge on any atom is 0.311 e. The molecule has 2 heterocycles. The first kappa shape index (κ1) is 12.5. The number of nitrogens with one attached hydrogen (secondary N) is 1. The lowest BCUT2D eigenvalue weighted by Crippen LogP contribution is -2.22. The summed E-state index contributed by atoms with van der Waals surface area (Å²) in [5.74, 6) is -0.0305. The molecule has 18 heavy (non-hydrogen) atoms. The summed E-state index contributed by atoms with van der Waals surface area (Å²) in [6.07, 6.45) is 2.95. The van der Waals surface area contributed by atoms with E-state index in [1.807, 2.05) is 0 Å². The van der Waals surface area contributed by atoms with Gasteiger partial charge in [-0.2, -0.15) is 0 Å². The number of aryl methyl sites for hydroxylation is 1. The topological polar surface area (TPSA) is 102 Å². The number of nitro groups is 1. The van der Waals surface area contributed by atoms with E-state index >= 15 is 0 Å². The third-order valence-electron chi connectivity index (χ3n) is 2.45. The van der Waals surface area contributed by atoms with E-state index in [1.165, 1.54) is 18.3 Å². The molecule has 2 rings (SSSR count).